The van der Waals surface area contributed by atoms with Gasteiger partial charge in [0.2, 0.25) is 0 Å². The van der Waals surface area contributed by atoms with Crippen molar-refractivity contribution < 1.29 is 9.53 Å². The number of carbonyl (C=O) groups excluding carboxylic acids is 1. The van der Waals surface area contributed by atoms with Crippen molar-refractivity contribution >= 4 is 5.78 Å². The number of nitrogens with two attached hydrogens (primary N) is 1. The molecule has 0 aromatic rings. The van der Waals surface area contributed by atoms with Crippen LogP contribution in [0, 0.1) is 0 Å². The lowest BCUT2D eigenvalue weighted by Gasteiger charge is -2.19. The maximum atomic E-state index is 11.6. The van der Waals surface area contributed by atoms with E-state index in [1.807, 2.05) is 13.8 Å². The van der Waals surface area contributed by atoms with Gasteiger partial charge in [0.25, 0.3) is 0 Å². The van der Waals surface area contributed by atoms with Crippen LogP contribution in [0.2, 0.25) is 0 Å². The predicted molar refractivity (Wildman–Crippen MR) is 51.2 cm³/mol. The first-order chi connectivity index (χ1) is 5.99. The highest BCUT2D eigenvalue weighted by Gasteiger charge is 2.20. The third-order valence-electron chi connectivity index (χ3n) is 1.91. The smallest absolute Gasteiger partial charge is 0.163 e. The zero-order valence-electron chi connectivity index (χ0n) is 8.30. The summed E-state index contributed by atoms with van der Waals surface area (Å²) in [5, 5.41) is 0. The van der Waals surface area contributed by atoms with E-state index in [2.05, 4.69) is 0 Å². The molecule has 0 unspecified atom stereocenters. The Kier molecular flexibility index (Phi) is 3.09. The first-order valence-electron chi connectivity index (χ1n) is 4.62. The van der Waals surface area contributed by atoms with Crippen molar-refractivity contribution in [2.24, 2.45) is 5.73 Å². The van der Waals surface area contributed by atoms with Crippen molar-refractivity contribution in [3.05, 3.63) is 11.8 Å². The third kappa shape index (κ3) is 3.59. The van der Waals surface area contributed by atoms with Crippen molar-refractivity contribution in [2.75, 3.05) is 6.61 Å². The van der Waals surface area contributed by atoms with E-state index in [0.29, 0.717) is 6.42 Å². The molecule has 0 saturated heterocycles. The van der Waals surface area contributed by atoms with Crippen LogP contribution in [0.5, 0.6) is 0 Å². The summed E-state index contributed by atoms with van der Waals surface area (Å²) >= 11 is 0. The van der Waals surface area contributed by atoms with Crippen molar-refractivity contribution in [3.8, 4) is 0 Å². The molecule has 3 nitrogen and oxygen atoms in total. The SMILES string of the molecule is CC(C)(N)CC(=O)C1=COCCC1. The second-order valence-electron chi connectivity index (χ2n) is 4.21. The number of ketones is 1. The maximum Gasteiger partial charge on any atom is 0.163 e. The van der Waals surface area contributed by atoms with E-state index in [0.717, 1.165) is 25.0 Å². The number of hydrogen-bond acceptors (Lipinski definition) is 3. The van der Waals surface area contributed by atoms with Gasteiger partial charge in [0.05, 0.1) is 12.9 Å². The van der Waals surface area contributed by atoms with Crippen LogP contribution < -0.4 is 5.73 Å². The lowest BCUT2D eigenvalue weighted by Crippen LogP contribution is -2.35. The lowest BCUT2D eigenvalue weighted by molar-refractivity contribution is -0.116. The largest absolute Gasteiger partial charge is 0.501 e. The van der Waals surface area contributed by atoms with Crippen molar-refractivity contribution in [1.82, 2.24) is 0 Å². The van der Waals surface area contributed by atoms with E-state index in [9.17, 15) is 4.79 Å². The van der Waals surface area contributed by atoms with Gasteiger partial charge in [-0.15, -0.1) is 0 Å². The fraction of sp³-hybridized carbons (Fsp3) is 0.700. The normalized spacial score (nSPS) is 17.6. The molecule has 0 atom stereocenters. The molecule has 0 saturated carbocycles. The molecule has 0 spiro atoms. The minimum atomic E-state index is -0.421. The molecule has 2 N–H and O–H groups in total. The van der Waals surface area contributed by atoms with Gasteiger partial charge in [0.1, 0.15) is 0 Å². The van der Waals surface area contributed by atoms with E-state index in [1.54, 1.807) is 6.26 Å². The summed E-state index contributed by atoms with van der Waals surface area (Å²) in [4.78, 5) is 11.6. The molecular weight excluding hydrogens is 166 g/mol. The maximum absolute atomic E-state index is 11.6. The van der Waals surface area contributed by atoms with Gasteiger partial charge in [0.15, 0.2) is 5.78 Å². The van der Waals surface area contributed by atoms with Gasteiger partial charge in [-0.2, -0.15) is 0 Å². The highest BCUT2D eigenvalue weighted by molar-refractivity contribution is 5.95. The topological polar surface area (TPSA) is 52.3 Å². The molecule has 74 valence electrons. The molecule has 1 heterocycles. The van der Waals surface area contributed by atoms with Crippen LogP contribution in [-0.4, -0.2) is 17.9 Å². The summed E-state index contributed by atoms with van der Waals surface area (Å²) in [6.45, 7) is 4.44. The minimum absolute atomic E-state index is 0.118. The Bertz CT molecular complexity index is 226. The summed E-state index contributed by atoms with van der Waals surface area (Å²) in [5.74, 6) is 0.118. The quantitative estimate of drug-likeness (QED) is 0.719. The minimum Gasteiger partial charge on any atom is -0.501 e. The molecule has 1 aliphatic heterocycles. The monoisotopic (exact) mass is 183 g/mol. The standard InChI is InChI=1S/C10H17NO2/c1-10(2,11)6-9(12)8-4-3-5-13-7-8/h7H,3-6,11H2,1-2H3. The average Bonchev–Trinajstić information content (AvgIpc) is 2.03. The molecule has 3 heteroatoms. The first-order valence-corrected chi connectivity index (χ1v) is 4.62. The van der Waals surface area contributed by atoms with Gasteiger partial charge in [0, 0.05) is 17.5 Å². The third-order valence-corrected chi connectivity index (χ3v) is 1.91. The Morgan fingerprint density at radius 1 is 1.69 bits per heavy atom. The molecule has 1 aliphatic rings. The van der Waals surface area contributed by atoms with E-state index in [1.165, 1.54) is 0 Å². The highest BCUT2D eigenvalue weighted by atomic mass is 16.5. The van der Waals surface area contributed by atoms with Crippen molar-refractivity contribution in [1.29, 1.82) is 0 Å². The Labute approximate surface area is 78.9 Å². The average molecular weight is 183 g/mol. The zero-order chi connectivity index (χ0) is 9.90. The predicted octanol–water partition coefficient (Wildman–Crippen LogP) is 1.38. The van der Waals surface area contributed by atoms with Gasteiger partial charge in [-0.25, -0.2) is 0 Å². The van der Waals surface area contributed by atoms with Gasteiger partial charge >= 0.3 is 0 Å². The molecule has 0 aromatic heterocycles. The molecule has 1 rings (SSSR count). The van der Waals surface area contributed by atoms with Gasteiger partial charge < -0.3 is 10.5 Å². The first kappa shape index (κ1) is 10.3. The van der Waals surface area contributed by atoms with Crippen LogP contribution in [0.3, 0.4) is 0 Å². The summed E-state index contributed by atoms with van der Waals surface area (Å²) in [6.07, 6.45) is 3.73. The van der Waals surface area contributed by atoms with Crippen LogP contribution in [0.15, 0.2) is 11.8 Å². The Morgan fingerprint density at radius 3 is 2.85 bits per heavy atom. The number of allylic oxidation sites excluding steroid dienone is 1. The van der Waals surface area contributed by atoms with Gasteiger partial charge in [-0.1, -0.05) is 0 Å². The fourth-order valence-corrected chi connectivity index (χ4v) is 1.30. The molecule has 0 radical (unpaired) electrons. The second kappa shape index (κ2) is 3.92. The number of Topliss-reactive ketones (excluding diaryl/α,β-unsaturated/α-hetero) is 1. The van der Waals surface area contributed by atoms with Crippen LogP contribution >= 0.6 is 0 Å². The summed E-state index contributed by atoms with van der Waals surface area (Å²) in [7, 11) is 0. The summed E-state index contributed by atoms with van der Waals surface area (Å²) in [5.41, 5.74) is 6.12. The molecule has 0 bridgehead atoms. The van der Waals surface area contributed by atoms with Crippen LogP contribution in [0.4, 0.5) is 0 Å². The number of carbonyl (C=O) groups is 1. The highest BCUT2D eigenvalue weighted by Crippen LogP contribution is 2.17. The van der Waals surface area contributed by atoms with E-state index >= 15 is 0 Å². The van der Waals surface area contributed by atoms with Crippen LogP contribution in [0.1, 0.15) is 33.1 Å². The zero-order valence-corrected chi connectivity index (χ0v) is 8.30. The van der Waals surface area contributed by atoms with Crippen LogP contribution in [0.25, 0.3) is 0 Å². The van der Waals surface area contributed by atoms with Crippen molar-refractivity contribution in [2.45, 2.75) is 38.6 Å². The number of ether oxygens (including phenoxy) is 1. The molecule has 13 heavy (non-hydrogen) atoms. The number of rotatable bonds is 3. The van der Waals surface area contributed by atoms with E-state index in [-0.39, 0.29) is 5.78 Å². The van der Waals surface area contributed by atoms with Crippen molar-refractivity contribution in [3.63, 3.8) is 0 Å². The Hall–Kier alpha value is -0.830. The summed E-state index contributed by atoms with van der Waals surface area (Å²) < 4.78 is 5.09. The molecule has 0 aliphatic carbocycles. The van der Waals surface area contributed by atoms with Gasteiger partial charge in [-0.05, 0) is 26.7 Å². The lowest BCUT2D eigenvalue weighted by atomic mass is 9.93. The summed E-state index contributed by atoms with van der Waals surface area (Å²) in [6, 6.07) is 0. The van der Waals surface area contributed by atoms with E-state index in [4.69, 9.17) is 10.5 Å². The molecule has 0 aromatic carbocycles. The fourth-order valence-electron chi connectivity index (χ4n) is 1.30. The Balaban J connectivity index is 2.52. The molecular formula is C10H17NO2. The Morgan fingerprint density at radius 2 is 2.38 bits per heavy atom. The number of hydrogen-bond donors (Lipinski definition) is 1. The van der Waals surface area contributed by atoms with Gasteiger partial charge in [-0.3, -0.25) is 4.79 Å². The molecule has 0 amide bonds. The van der Waals surface area contributed by atoms with Crippen LogP contribution in [-0.2, 0) is 9.53 Å². The second-order valence-corrected chi connectivity index (χ2v) is 4.21. The van der Waals surface area contributed by atoms with E-state index < -0.39 is 5.54 Å². The molecule has 0 fully saturated rings.